The minimum absolute atomic E-state index is 0.562. The first kappa shape index (κ1) is 19.6. The standard InChI is InChI=1S/C25H18Cl2N4/c26-19-10-12-20(13-11-19)31-15-21(17-6-2-1-3-7-17)23-24(29-16-30-25(23)31)28-14-18-8-4-5-9-22(18)27/h1-13,15-16H,14H2,(H,28,29,30). The lowest BCUT2D eigenvalue weighted by Gasteiger charge is -2.10. The van der Waals surface area contributed by atoms with Crippen LogP contribution in [0.3, 0.4) is 0 Å². The summed E-state index contributed by atoms with van der Waals surface area (Å²) in [5.41, 5.74) is 4.95. The van der Waals surface area contributed by atoms with Crippen LogP contribution in [-0.4, -0.2) is 14.5 Å². The predicted molar refractivity (Wildman–Crippen MR) is 128 cm³/mol. The molecule has 0 saturated carbocycles. The molecule has 4 nitrogen and oxygen atoms in total. The van der Waals surface area contributed by atoms with Gasteiger partial charge in [-0.25, -0.2) is 9.97 Å². The molecule has 2 heterocycles. The minimum Gasteiger partial charge on any atom is -0.365 e. The van der Waals surface area contributed by atoms with Gasteiger partial charge in [0, 0.05) is 34.0 Å². The third-order valence-electron chi connectivity index (χ3n) is 5.18. The Morgan fingerprint density at radius 1 is 0.806 bits per heavy atom. The lowest BCUT2D eigenvalue weighted by atomic mass is 10.1. The van der Waals surface area contributed by atoms with Crippen molar-refractivity contribution in [3.8, 4) is 16.8 Å². The Bertz CT molecular complexity index is 1350. The van der Waals surface area contributed by atoms with Gasteiger partial charge in [-0.2, -0.15) is 0 Å². The number of halogens is 2. The maximum atomic E-state index is 6.35. The lowest BCUT2D eigenvalue weighted by Crippen LogP contribution is -2.03. The number of anilines is 1. The number of aromatic nitrogens is 3. The monoisotopic (exact) mass is 444 g/mol. The molecule has 5 rings (SSSR count). The van der Waals surface area contributed by atoms with Crippen molar-refractivity contribution >= 4 is 40.1 Å². The molecule has 0 aliphatic rings. The summed E-state index contributed by atoms with van der Waals surface area (Å²) in [6, 6.07) is 25.8. The Morgan fingerprint density at radius 2 is 1.55 bits per heavy atom. The summed E-state index contributed by atoms with van der Waals surface area (Å²) in [6.45, 7) is 0.562. The van der Waals surface area contributed by atoms with E-state index in [0.717, 1.165) is 44.3 Å². The summed E-state index contributed by atoms with van der Waals surface area (Å²) >= 11 is 12.4. The molecule has 0 saturated heterocycles. The average Bonchev–Trinajstić information content (AvgIpc) is 3.20. The Morgan fingerprint density at radius 3 is 2.32 bits per heavy atom. The molecule has 0 amide bonds. The molecule has 0 aliphatic carbocycles. The molecule has 1 N–H and O–H groups in total. The van der Waals surface area contributed by atoms with Crippen molar-refractivity contribution in [3.63, 3.8) is 0 Å². The van der Waals surface area contributed by atoms with E-state index in [1.54, 1.807) is 6.33 Å². The smallest absolute Gasteiger partial charge is 0.150 e. The molecule has 5 aromatic rings. The van der Waals surface area contributed by atoms with Crippen molar-refractivity contribution in [1.29, 1.82) is 0 Å². The molecule has 6 heteroatoms. The van der Waals surface area contributed by atoms with Gasteiger partial charge in [0.2, 0.25) is 0 Å². The fraction of sp³-hybridized carbons (Fsp3) is 0.0400. The SMILES string of the molecule is Clc1ccc(-n2cc(-c3ccccc3)c3c(NCc4ccccc4Cl)ncnc32)cc1. The second-order valence-corrected chi connectivity index (χ2v) is 7.96. The van der Waals surface area contributed by atoms with Crippen molar-refractivity contribution in [2.45, 2.75) is 6.54 Å². The van der Waals surface area contributed by atoms with Gasteiger partial charge in [-0.15, -0.1) is 0 Å². The molecule has 3 aromatic carbocycles. The predicted octanol–water partition coefficient (Wildman–Crippen LogP) is 7.01. The Balaban J connectivity index is 1.66. The van der Waals surface area contributed by atoms with Crippen LogP contribution in [0.15, 0.2) is 91.4 Å². The normalized spacial score (nSPS) is 11.0. The van der Waals surface area contributed by atoms with E-state index in [0.29, 0.717) is 11.6 Å². The molecule has 0 atom stereocenters. The largest absolute Gasteiger partial charge is 0.365 e. The van der Waals surface area contributed by atoms with E-state index in [4.69, 9.17) is 23.2 Å². The first-order valence-corrected chi connectivity index (χ1v) is 10.6. The minimum atomic E-state index is 0.562. The molecule has 31 heavy (non-hydrogen) atoms. The van der Waals surface area contributed by atoms with E-state index in [-0.39, 0.29) is 0 Å². The number of hydrogen-bond donors (Lipinski definition) is 1. The van der Waals surface area contributed by atoms with Gasteiger partial charge < -0.3 is 9.88 Å². The third-order valence-corrected chi connectivity index (χ3v) is 5.80. The van der Waals surface area contributed by atoms with Crippen LogP contribution in [-0.2, 0) is 6.54 Å². The fourth-order valence-electron chi connectivity index (χ4n) is 3.65. The maximum absolute atomic E-state index is 6.35. The van der Waals surface area contributed by atoms with Gasteiger partial charge in [-0.3, -0.25) is 0 Å². The van der Waals surface area contributed by atoms with E-state index in [9.17, 15) is 0 Å². The van der Waals surface area contributed by atoms with Crippen LogP contribution in [0, 0.1) is 0 Å². The quantitative estimate of drug-likeness (QED) is 0.317. The van der Waals surface area contributed by atoms with Gasteiger partial charge in [0.15, 0.2) is 5.65 Å². The summed E-state index contributed by atoms with van der Waals surface area (Å²) < 4.78 is 2.07. The molecule has 2 aromatic heterocycles. The first-order valence-electron chi connectivity index (χ1n) is 9.85. The van der Waals surface area contributed by atoms with Gasteiger partial charge in [-0.1, -0.05) is 71.7 Å². The summed E-state index contributed by atoms with van der Waals surface area (Å²) in [5, 5.41) is 5.83. The fourth-order valence-corrected chi connectivity index (χ4v) is 3.98. The first-order chi connectivity index (χ1) is 15.2. The van der Waals surface area contributed by atoms with Gasteiger partial charge in [0.25, 0.3) is 0 Å². The zero-order valence-electron chi connectivity index (χ0n) is 16.5. The average molecular weight is 445 g/mol. The number of fused-ring (bicyclic) bond motifs is 1. The maximum Gasteiger partial charge on any atom is 0.150 e. The van der Waals surface area contributed by atoms with Crippen LogP contribution in [0.25, 0.3) is 27.8 Å². The van der Waals surface area contributed by atoms with Crippen LogP contribution in [0.4, 0.5) is 5.82 Å². The topological polar surface area (TPSA) is 42.7 Å². The van der Waals surface area contributed by atoms with Crippen LogP contribution in [0.1, 0.15) is 5.56 Å². The Labute approximate surface area is 190 Å². The van der Waals surface area contributed by atoms with Gasteiger partial charge in [-0.05, 0) is 41.5 Å². The number of rotatable bonds is 5. The summed E-state index contributed by atoms with van der Waals surface area (Å²) in [5.74, 6) is 0.761. The van der Waals surface area contributed by atoms with Gasteiger partial charge in [0.1, 0.15) is 12.1 Å². The Kier molecular flexibility index (Phi) is 5.33. The van der Waals surface area contributed by atoms with Crippen LogP contribution in [0.2, 0.25) is 10.0 Å². The highest BCUT2D eigenvalue weighted by Crippen LogP contribution is 2.35. The summed E-state index contributed by atoms with van der Waals surface area (Å²) in [7, 11) is 0. The summed E-state index contributed by atoms with van der Waals surface area (Å²) in [4.78, 5) is 9.17. The zero-order chi connectivity index (χ0) is 21.2. The number of nitrogens with zero attached hydrogens (tertiary/aromatic N) is 3. The van der Waals surface area contributed by atoms with E-state index >= 15 is 0 Å². The molecule has 0 aliphatic heterocycles. The molecule has 0 radical (unpaired) electrons. The second-order valence-electron chi connectivity index (χ2n) is 7.12. The lowest BCUT2D eigenvalue weighted by molar-refractivity contribution is 1.06. The van der Waals surface area contributed by atoms with Crippen molar-refractivity contribution in [2.24, 2.45) is 0 Å². The second kappa shape index (κ2) is 8.42. The number of hydrogen-bond acceptors (Lipinski definition) is 3. The van der Waals surface area contributed by atoms with Crippen LogP contribution < -0.4 is 5.32 Å². The van der Waals surface area contributed by atoms with E-state index in [1.807, 2.05) is 66.7 Å². The number of nitrogens with one attached hydrogen (secondary N) is 1. The van der Waals surface area contributed by atoms with Crippen molar-refractivity contribution < 1.29 is 0 Å². The Hall–Kier alpha value is -3.34. The zero-order valence-corrected chi connectivity index (χ0v) is 18.0. The van der Waals surface area contributed by atoms with E-state index in [1.165, 1.54) is 0 Å². The van der Waals surface area contributed by atoms with Crippen molar-refractivity contribution in [3.05, 3.63) is 107 Å². The third kappa shape index (κ3) is 3.88. The highest BCUT2D eigenvalue weighted by atomic mass is 35.5. The molecule has 0 unspecified atom stereocenters. The van der Waals surface area contributed by atoms with Crippen molar-refractivity contribution in [1.82, 2.24) is 14.5 Å². The molecular formula is C25H18Cl2N4. The molecule has 0 spiro atoms. The van der Waals surface area contributed by atoms with E-state index in [2.05, 4.69) is 38.2 Å². The molecule has 0 fully saturated rings. The van der Waals surface area contributed by atoms with Gasteiger partial charge >= 0.3 is 0 Å². The molecule has 0 bridgehead atoms. The van der Waals surface area contributed by atoms with Crippen molar-refractivity contribution in [2.75, 3.05) is 5.32 Å². The number of benzene rings is 3. The van der Waals surface area contributed by atoms with Crippen LogP contribution >= 0.6 is 23.2 Å². The molecular weight excluding hydrogens is 427 g/mol. The van der Waals surface area contributed by atoms with E-state index < -0.39 is 0 Å². The molecule has 152 valence electrons. The van der Waals surface area contributed by atoms with Gasteiger partial charge in [0.05, 0.1) is 5.39 Å². The highest BCUT2D eigenvalue weighted by molar-refractivity contribution is 6.31. The van der Waals surface area contributed by atoms with Crippen LogP contribution in [0.5, 0.6) is 0 Å². The summed E-state index contributed by atoms with van der Waals surface area (Å²) in [6.07, 6.45) is 3.68. The highest BCUT2D eigenvalue weighted by Gasteiger charge is 2.17.